The number of halogens is 3. The van der Waals surface area contributed by atoms with Crippen molar-refractivity contribution in [3.63, 3.8) is 0 Å². The molecule has 0 saturated heterocycles. The van der Waals surface area contributed by atoms with Gasteiger partial charge >= 0.3 is 18.2 Å². The van der Waals surface area contributed by atoms with Crippen LogP contribution in [-0.4, -0.2) is 26.8 Å². The van der Waals surface area contributed by atoms with E-state index in [0.717, 1.165) is 5.56 Å². The number of carboxylic acid groups (broad SMARTS) is 1. The first-order valence-corrected chi connectivity index (χ1v) is 8.21. The van der Waals surface area contributed by atoms with Crippen LogP contribution in [0.25, 0.3) is 0 Å². The van der Waals surface area contributed by atoms with E-state index >= 15 is 0 Å². The second kappa shape index (κ2) is 8.79. The molecule has 1 aromatic carbocycles. The average Bonchev–Trinajstić information content (AvgIpc) is 2.88. The van der Waals surface area contributed by atoms with Crippen molar-refractivity contribution in [2.75, 3.05) is 10.6 Å². The summed E-state index contributed by atoms with van der Waals surface area (Å²) in [5.41, 5.74) is 1.33. The molecule has 1 aromatic heterocycles. The van der Waals surface area contributed by atoms with Crippen LogP contribution < -0.4 is 15.4 Å². The molecule has 8 nitrogen and oxygen atoms in total. The van der Waals surface area contributed by atoms with Crippen molar-refractivity contribution in [2.45, 2.75) is 13.5 Å². The van der Waals surface area contributed by atoms with Gasteiger partial charge in [-0.2, -0.15) is 4.98 Å². The van der Waals surface area contributed by atoms with Gasteiger partial charge in [0.05, 0.1) is 6.20 Å². The monoisotopic (exact) mass is 418 g/mol. The summed E-state index contributed by atoms with van der Waals surface area (Å²) in [5, 5.41) is 14.4. The van der Waals surface area contributed by atoms with E-state index in [4.69, 9.17) is 39.9 Å². The number of hydrogen-bond donors (Lipinski definition) is 3. The predicted octanol–water partition coefficient (Wildman–Crippen LogP) is 4.86. The minimum atomic E-state index is -1.55. The number of aryl methyl sites for hydroxylation is 1. The normalized spacial score (nSPS) is 10.2. The molecule has 2 rings (SSSR count). The Morgan fingerprint density at radius 2 is 2.08 bits per heavy atom. The van der Waals surface area contributed by atoms with E-state index in [1.807, 2.05) is 0 Å². The molecule has 0 aliphatic carbocycles. The largest absolute Gasteiger partial charge is 0.513 e. The van der Waals surface area contributed by atoms with Gasteiger partial charge in [-0.15, -0.1) is 0 Å². The Hall–Kier alpha value is -2.42. The number of allylic oxidation sites excluding steroid dienone is 1. The van der Waals surface area contributed by atoms with Crippen molar-refractivity contribution in [1.29, 1.82) is 0 Å². The van der Waals surface area contributed by atoms with Gasteiger partial charge in [-0.25, -0.2) is 9.59 Å². The highest BCUT2D eigenvalue weighted by Gasteiger charge is 2.14. The topological polar surface area (TPSA) is 105 Å². The zero-order valence-electron chi connectivity index (χ0n) is 13.3. The molecule has 0 aliphatic heterocycles. The summed E-state index contributed by atoms with van der Waals surface area (Å²) in [6, 6.07) is 4.17. The third-order valence-corrected chi connectivity index (χ3v) is 3.58. The van der Waals surface area contributed by atoms with E-state index in [1.54, 1.807) is 25.1 Å². The third kappa shape index (κ3) is 5.83. The third-order valence-electron chi connectivity index (χ3n) is 3.04. The predicted molar refractivity (Wildman–Crippen MR) is 99.5 cm³/mol. The van der Waals surface area contributed by atoms with Crippen molar-refractivity contribution >= 4 is 58.5 Å². The molecule has 26 heavy (non-hydrogen) atoms. The number of urea groups is 1. The number of carbonyl (C=O) groups is 2. The second-order valence-electron chi connectivity index (χ2n) is 4.96. The van der Waals surface area contributed by atoms with Crippen LogP contribution in [-0.2, 0) is 6.54 Å². The van der Waals surface area contributed by atoms with E-state index in [0.29, 0.717) is 10.7 Å². The van der Waals surface area contributed by atoms with E-state index in [2.05, 4.69) is 20.4 Å². The van der Waals surface area contributed by atoms with Gasteiger partial charge < -0.3 is 15.2 Å². The van der Waals surface area contributed by atoms with Gasteiger partial charge in [-0.05, 0) is 36.8 Å². The molecule has 3 N–H and O–H groups in total. The number of amides is 2. The maximum atomic E-state index is 12.1. The number of aromatic nitrogens is 2. The van der Waals surface area contributed by atoms with Gasteiger partial charge in [0, 0.05) is 17.3 Å². The van der Waals surface area contributed by atoms with E-state index in [-0.39, 0.29) is 22.9 Å². The quantitative estimate of drug-likeness (QED) is 0.600. The lowest BCUT2D eigenvalue weighted by molar-refractivity contribution is 0.138. The van der Waals surface area contributed by atoms with Crippen LogP contribution in [0.1, 0.15) is 5.56 Å². The van der Waals surface area contributed by atoms with Gasteiger partial charge in [-0.1, -0.05) is 34.8 Å². The first-order valence-electron chi connectivity index (χ1n) is 7.08. The van der Waals surface area contributed by atoms with Crippen molar-refractivity contribution in [2.24, 2.45) is 0 Å². The van der Waals surface area contributed by atoms with Gasteiger partial charge in [0.15, 0.2) is 5.82 Å². The molecule has 138 valence electrons. The first kappa shape index (κ1) is 19.9. The highest BCUT2D eigenvalue weighted by molar-refractivity contribution is 6.55. The van der Waals surface area contributed by atoms with Crippen LogP contribution in [0.3, 0.4) is 0 Å². The summed E-state index contributed by atoms with van der Waals surface area (Å²) < 4.78 is 5.86. The fraction of sp³-hybridized carbons (Fsp3) is 0.133. The Balaban J connectivity index is 2.13. The molecule has 0 atom stereocenters. The highest BCUT2D eigenvalue weighted by Crippen LogP contribution is 2.21. The summed E-state index contributed by atoms with van der Waals surface area (Å²) in [7, 11) is 0. The van der Waals surface area contributed by atoms with Crippen LogP contribution in [0.5, 0.6) is 6.01 Å². The summed E-state index contributed by atoms with van der Waals surface area (Å²) >= 11 is 16.9. The number of imidazole rings is 1. The number of nitrogens with zero attached hydrogens (tertiary/aromatic N) is 2. The Kier molecular flexibility index (Phi) is 6.73. The summed E-state index contributed by atoms with van der Waals surface area (Å²) in [5.74, 6) is 0.0736. The van der Waals surface area contributed by atoms with Crippen LogP contribution >= 0.6 is 34.8 Å². The summed E-state index contributed by atoms with van der Waals surface area (Å²) in [6.45, 7) is 1.88. The lowest BCUT2D eigenvalue weighted by Gasteiger charge is -2.08. The SMILES string of the molecule is Cc1cc(Cl)ccc1NC(=O)Nc1cn(CC=C(Cl)Cl)c(OC(=O)O)n1. The van der Waals surface area contributed by atoms with Crippen molar-refractivity contribution in [3.05, 3.63) is 45.5 Å². The molecule has 11 heteroatoms. The van der Waals surface area contributed by atoms with Gasteiger partial charge in [0.25, 0.3) is 0 Å². The Morgan fingerprint density at radius 1 is 1.35 bits per heavy atom. The zero-order valence-corrected chi connectivity index (χ0v) is 15.6. The highest BCUT2D eigenvalue weighted by atomic mass is 35.5. The van der Waals surface area contributed by atoms with E-state index in [9.17, 15) is 9.59 Å². The van der Waals surface area contributed by atoms with E-state index < -0.39 is 12.2 Å². The fourth-order valence-corrected chi connectivity index (χ4v) is 2.32. The molecule has 0 aliphatic rings. The van der Waals surface area contributed by atoms with E-state index in [1.165, 1.54) is 16.8 Å². The Bertz CT molecular complexity index is 863. The second-order valence-corrected chi connectivity index (χ2v) is 6.41. The lowest BCUT2D eigenvalue weighted by Crippen LogP contribution is -2.20. The minimum absolute atomic E-state index is 0.00885. The molecular weight excluding hydrogens is 407 g/mol. The van der Waals surface area contributed by atoms with Crippen LogP contribution in [0.4, 0.5) is 21.1 Å². The van der Waals surface area contributed by atoms with Crippen LogP contribution in [0.2, 0.25) is 5.02 Å². The molecule has 2 aromatic rings. The molecule has 1 heterocycles. The number of nitrogens with one attached hydrogen (secondary N) is 2. The Labute approximate surface area is 163 Å². The molecule has 0 saturated carbocycles. The number of benzene rings is 1. The molecular formula is C15H13Cl3N4O4. The molecule has 0 spiro atoms. The number of carbonyl (C=O) groups excluding carboxylic acids is 1. The number of hydrogen-bond acceptors (Lipinski definition) is 4. The van der Waals surface area contributed by atoms with Crippen LogP contribution in [0.15, 0.2) is 35.0 Å². The zero-order chi connectivity index (χ0) is 19.3. The van der Waals surface area contributed by atoms with Crippen LogP contribution in [0, 0.1) is 6.92 Å². The number of rotatable bonds is 5. The van der Waals surface area contributed by atoms with Gasteiger partial charge in [-0.3, -0.25) is 9.88 Å². The average molecular weight is 420 g/mol. The summed E-state index contributed by atoms with van der Waals surface area (Å²) in [6.07, 6.45) is 1.23. The molecule has 0 unspecified atom stereocenters. The lowest BCUT2D eigenvalue weighted by atomic mass is 10.2. The first-order chi connectivity index (χ1) is 12.2. The van der Waals surface area contributed by atoms with Gasteiger partial charge in [0.2, 0.25) is 0 Å². The number of anilines is 2. The maximum absolute atomic E-state index is 12.1. The van der Waals surface area contributed by atoms with Gasteiger partial charge in [0.1, 0.15) is 4.49 Å². The molecule has 0 bridgehead atoms. The number of ether oxygens (including phenoxy) is 1. The minimum Gasteiger partial charge on any atom is -0.449 e. The fourth-order valence-electron chi connectivity index (χ4n) is 1.95. The standard InChI is InChI=1S/C15H13Cl3N4O4/c1-8-6-9(16)2-3-10(8)19-13(23)20-12-7-22(5-4-11(17)18)14(21-12)26-15(24)25/h2-4,6-7H,5H2,1H3,(H,24,25)(H2,19,20,23). The smallest absolute Gasteiger partial charge is 0.449 e. The molecule has 2 amide bonds. The molecule has 0 fully saturated rings. The van der Waals surface area contributed by atoms with Crippen molar-refractivity contribution in [1.82, 2.24) is 9.55 Å². The van der Waals surface area contributed by atoms with Crippen molar-refractivity contribution < 1.29 is 19.4 Å². The molecule has 0 radical (unpaired) electrons. The summed E-state index contributed by atoms with van der Waals surface area (Å²) in [4.78, 5) is 26.8. The maximum Gasteiger partial charge on any atom is 0.513 e. The van der Waals surface area contributed by atoms with Crippen molar-refractivity contribution in [3.8, 4) is 6.01 Å². The Morgan fingerprint density at radius 3 is 2.69 bits per heavy atom.